The van der Waals surface area contributed by atoms with E-state index in [-0.39, 0.29) is 0 Å². The Balaban J connectivity index is 1.97. The molecule has 0 atom stereocenters. The van der Waals surface area contributed by atoms with E-state index in [1.54, 1.807) is 11.8 Å². The lowest BCUT2D eigenvalue weighted by Crippen LogP contribution is -2.11. The molecule has 0 aliphatic rings. The zero-order valence-corrected chi connectivity index (χ0v) is 12.3. The van der Waals surface area contributed by atoms with Gasteiger partial charge in [-0.15, -0.1) is 0 Å². The van der Waals surface area contributed by atoms with Gasteiger partial charge in [0.2, 0.25) is 0 Å². The van der Waals surface area contributed by atoms with E-state index < -0.39 is 0 Å². The molecule has 96 valence electrons. The molecule has 1 heterocycles. The van der Waals surface area contributed by atoms with Gasteiger partial charge in [0, 0.05) is 17.9 Å². The number of nitrogens with zero attached hydrogens (tertiary/aromatic N) is 2. The lowest BCUT2D eigenvalue weighted by Gasteiger charge is -2.03. The molecule has 2 rings (SSSR count). The highest BCUT2D eigenvalue weighted by Crippen LogP contribution is 2.29. The van der Waals surface area contributed by atoms with E-state index in [9.17, 15) is 0 Å². The van der Waals surface area contributed by atoms with Gasteiger partial charge >= 0.3 is 0 Å². The highest BCUT2D eigenvalue weighted by Gasteiger charge is 2.04. The summed E-state index contributed by atoms with van der Waals surface area (Å²) in [5.74, 6) is 0.936. The fourth-order valence-electron chi connectivity index (χ4n) is 1.47. The predicted molar refractivity (Wildman–Crippen MR) is 77.2 cm³/mol. The number of hydrogen-bond acceptors (Lipinski definition) is 5. The average molecular weight is 279 g/mol. The smallest absolute Gasteiger partial charge is 0.174 e. The van der Waals surface area contributed by atoms with Crippen molar-refractivity contribution in [2.24, 2.45) is 0 Å². The zero-order valence-electron chi connectivity index (χ0n) is 10.6. The second-order valence-electron chi connectivity index (χ2n) is 3.86. The van der Waals surface area contributed by atoms with Crippen molar-refractivity contribution in [3.63, 3.8) is 0 Å². The summed E-state index contributed by atoms with van der Waals surface area (Å²) < 4.78 is 5.31. The number of nitrogens with one attached hydrogen (secondary N) is 1. The van der Waals surface area contributed by atoms with Gasteiger partial charge in [-0.2, -0.15) is 4.37 Å². The Labute approximate surface area is 116 Å². The van der Waals surface area contributed by atoms with Crippen LogP contribution in [-0.2, 0) is 13.0 Å². The first kappa shape index (κ1) is 13.5. The van der Waals surface area contributed by atoms with Gasteiger partial charge in [0.15, 0.2) is 4.34 Å². The second kappa shape index (κ2) is 6.87. The molecule has 3 nitrogen and oxygen atoms in total. The molecule has 0 radical (unpaired) electrons. The summed E-state index contributed by atoms with van der Waals surface area (Å²) in [6.45, 7) is 6.12. The van der Waals surface area contributed by atoms with E-state index in [4.69, 9.17) is 0 Å². The Morgan fingerprint density at radius 3 is 2.61 bits per heavy atom. The summed E-state index contributed by atoms with van der Waals surface area (Å²) >= 11 is 3.16. The number of rotatable bonds is 6. The van der Waals surface area contributed by atoms with E-state index in [1.165, 1.54) is 22.0 Å². The Bertz CT molecular complexity index is 479. The van der Waals surface area contributed by atoms with Crippen LogP contribution in [0.2, 0.25) is 0 Å². The molecule has 1 aromatic heterocycles. The Morgan fingerprint density at radius 1 is 1.22 bits per heavy atom. The molecule has 0 unspecified atom stereocenters. The molecule has 0 saturated carbocycles. The third-order valence-electron chi connectivity index (χ3n) is 2.47. The van der Waals surface area contributed by atoms with Crippen LogP contribution in [0, 0.1) is 0 Å². The highest BCUT2D eigenvalue weighted by molar-refractivity contribution is 8.01. The molecule has 2 aromatic rings. The van der Waals surface area contributed by atoms with Gasteiger partial charge in [0.25, 0.3) is 0 Å². The molecule has 0 bridgehead atoms. The maximum absolute atomic E-state index is 4.45. The van der Waals surface area contributed by atoms with Gasteiger partial charge in [-0.1, -0.05) is 37.7 Å². The standard InChI is InChI=1S/C13H17N3S2/c1-3-12-15-13(18-16-12)17-11-7-5-10(6-8-11)9-14-4-2/h5-8,14H,3-4,9H2,1-2H3. The summed E-state index contributed by atoms with van der Waals surface area (Å²) in [6.07, 6.45) is 0.901. The number of aromatic nitrogens is 2. The van der Waals surface area contributed by atoms with E-state index >= 15 is 0 Å². The van der Waals surface area contributed by atoms with Crippen LogP contribution in [0.5, 0.6) is 0 Å². The Hall–Kier alpha value is -0.910. The Kier molecular flexibility index (Phi) is 5.16. The fourth-order valence-corrected chi connectivity index (χ4v) is 3.14. The SMILES string of the molecule is CCNCc1ccc(Sc2nc(CC)ns2)cc1. The van der Waals surface area contributed by atoms with Crippen LogP contribution in [0.3, 0.4) is 0 Å². The van der Waals surface area contributed by atoms with Gasteiger partial charge in [-0.05, 0) is 35.8 Å². The van der Waals surface area contributed by atoms with Crippen molar-refractivity contribution in [3.8, 4) is 0 Å². The maximum atomic E-state index is 4.45. The third kappa shape index (κ3) is 3.80. The van der Waals surface area contributed by atoms with Crippen LogP contribution in [0.15, 0.2) is 33.5 Å². The van der Waals surface area contributed by atoms with Gasteiger partial charge in [-0.3, -0.25) is 0 Å². The summed E-state index contributed by atoms with van der Waals surface area (Å²) in [6, 6.07) is 8.61. The summed E-state index contributed by atoms with van der Waals surface area (Å²) in [4.78, 5) is 5.67. The number of aryl methyl sites for hydroxylation is 1. The minimum Gasteiger partial charge on any atom is -0.313 e. The topological polar surface area (TPSA) is 37.8 Å². The first-order valence-electron chi connectivity index (χ1n) is 6.12. The van der Waals surface area contributed by atoms with Crippen LogP contribution in [0.1, 0.15) is 25.2 Å². The summed E-state index contributed by atoms with van der Waals surface area (Å²) in [7, 11) is 0. The van der Waals surface area contributed by atoms with Crippen LogP contribution < -0.4 is 5.32 Å². The van der Waals surface area contributed by atoms with Crippen molar-refractivity contribution in [2.45, 2.75) is 36.0 Å². The minimum atomic E-state index is 0.901. The first-order chi connectivity index (χ1) is 8.81. The van der Waals surface area contributed by atoms with Crippen LogP contribution >= 0.6 is 23.3 Å². The third-order valence-corrected chi connectivity index (χ3v) is 4.27. The summed E-state index contributed by atoms with van der Waals surface area (Å²) in [5.41, 5.74) is 1.31. The molecule has 0 saturated heterocycles. The van der Waals surface area contributed by atoms with Gasteiger partial charge in [0.05, 0.1) is 0 Å². The van der Waals surface area contributed by atoms with Crippen molar-refractivity contribution in [3.05, 3.63) is 35.7 Å². The zero-order chi connectivity index (χ0) is 12.8. The van der Waals surface area contributed by atoms with Gasteiger partial charge in [-0.25, -0.2) is 4.98 Å². The van der Waals surface area contributed by atoms with Crippen molar-refractivity contribution in [2.75, 3.05) is 6.54 Å². The molecule has 18 heavy (non-hydrogen) atoms. The fraction of sp³-hybridized carbons (Fsp3) is 0.385. The molecule has 1 N–H and O–H groups in total. The van der Waals surface area contributed by atoms with Gasteiger partial charge in [0.1, 0.15) is 5.82 Å². The first-order valence-corrected chi connectivity index (χ1v) is 7.71. The van der Waals surface area contributed by atoms with E-state index in [2.05, 4.69) is 52.8 Å². The molecule has 0 amide bonds. The summed E-state index contributed by atoms with van der Waals surface area (Å²) in [5, 5.41) is 3.32. The molecule has 0 aliphatic carbocycles. The monoisotopic (exact) mass is 279 g/mol. The quantitative estimate of drug-likeness (QED) is 0.880. The van der Waals surface area contributed by atoms with Crippen molar-refractivity contribution >= 4 is 23.3 Å². The predicted octanol–water partition coefficient (Wildman–Crippen LogP) is 3.36. The van der Waals surface area contributed by atoms with Crippen LogP contribution in [0.4, 0.5) is 0 Å². The average Bonchev–Trinajstić information content (AvgIpc) is 2.86. The van der Waals surface area contributed by atoms with Crippen LogP contribution in [-0.4, -0.2) is 15.9 Å². The van der Waals surface area contributed by atoms with Crippen molar-refractivity contribution < 1.29 is 0 Å². The Morgan fingerprint density at radius 2 is 2.00 bits per heavy atom. The molecule has 1 aromatic carbocycles. The van der Waals surface area contributed by atoms with Gasteiger partial charge < -0.3 is 5.32 Å². The van der Waals surface area contributed by atoms with Crippen LogP contribution in [0.25, 0.3) is 0 Å². The van der Waals surface area contributed by atoms with Crippen molar-refractivity contribution in [1.29, 1.82) is 0 Å². The lowest BCUT2D eigenvalue weighted by molar-refractivity contribution is 0.726. The van der Waals surface area contributed by atoms with E-state index in [1.807, 2.05) is 0 Å². The lowest BCUT2D eigenvalue weighted by atomic mass is 10.2. The normalized spacial score (nSPS) is 10.8. The second-order valence-corrected chi connectivity index (χ2v) is 5.93. The number of benzene rings is 1. The molecular formula is C13H17N3S2. The van der Waals surface area contributed by atoms with E-state index in [0.29, 0.717) is 0 Å². The molecule has 5 heteroatoms. The molecule has 0 spiro atoms. The largest absolute Gasteiger partial charge is 0.313 e. The number of hydrogen-bond donors (Lipinski definition) is 1. The van der Waals surface area contributed by atoms with E-state index in [0.717, 1.165) is 29.7 Å². The minimum absolute atomic E-state index is 0.901. The van der Waals surface area contributed by atoms with Crippen molar-refractivity contribution in [1.82, 2.24) is 14.7 Å². The molecular weight excluding hydrogens is 262 g/mol. The maximum Gasteiger partial charge on any atom is 0.174 e. The molecule has 0 fully saturated rings. The highest BCUT2D eigenvalue weighted by atomic mass is 32.2. The molecule has 0 aliphatic heterocycles.